The van der Waals surface area contributed by atoms with Crippen LogP contribution < -0.4 is 20.1 Å². The second-order valence-corrected chi connectivity index (χ2v) is 9.66. The van der Waals surface area contributed by atoms with E-state index in [0.717, 1.165) is 39.1 Å². The Morgan fingerprint density at radius 1 is 0.912 bits per heavy atom. The molecular formula is C28H27BrN2O3. The summed E-state index contributed by atoms with van der Waals surface area (Å²) in [6.45, 7) is 2.08. The van der Waals surface area contributed by atoms with Crippen molar-refractivity contribution in [1.29, 1.82) is 0 Å². The zero-order valence-electron chi connectivity index (χ0n) is 19.4. The quantitative estimate of drug-likeness (QED) is 0.399. The molecule has 1 aliphatic heterocycles. The Kier molecular flexibility index (Phi) is 6.09. The number of hydrogen-bond acceptors (Lipinski definition) is 5. The highest BCUT2D eigenvalue weighted by molar-refractivity contribution is 9.10. The van der Waals surface area contributed by atoms with Crippen LogP contribution in [0.4, 0.5) is 11.4 Å². The smallest absolute Gasteiger partial charge is 0.163 e. The first-order valence-corrected chi connectivity index (χ1v) is 12.1. The van der Waals surface area contributed by atoms with Gasteiger partial charge in [-0.2, -0.15) is 0 Å². The molecule has 0 spiro atoms. The summed E-state index contributed by atoms with van der Waals surface area (Å²) in [5.74, 6) is 1.54. The Balaban J connectivity index is 1.64. The Bertz CT molecular complexity index is 1280. The van der Waals surface area contributed by atoms with Gasteiger partial charge < -0.3 is 20.1 Å². The standard InChI is InChI=1S/C28H27BrN2O3/c1-16-8-10-17(11-9-16)18-12-23-27(24(32)13-18)28(31-22-7-5-4-6-21(22)30-23)19-14-25(33-2)26(34-3)15-20(19)29/h4-11,14-15,18,28,30-31H,12-13H2,1-3H3/t18-,28+/m0/s1. The number of fused-ring (bicyclic) bond motifs is 1. The van der Waals surface area contributed by atoms with Crippen molar-refractivity contribution < 1.29 is 14.3 Å². The maximum Gasteiger partial charge on any atom is 0.163 e. The van der Waals surface area contributed by atoms with E-state index in [9.17, 15) is 4.79 Å². The summed E-state index contributed by atoms with van der Waals surface area (Å²) < 4.78 is 11.9. The molecule has 0 saturated carbocycles. The first-order valence-electron chi connectivity index (χ1n) is 11.3. The van der Waals surface area contributed by atoms with E-state index in [0.29, 0.717) is 17.9 Å². The Hall–Kier alpha value is -3.25. The third-order valence-electron chi connectivity index (χ3n) is 6.67. The number of para-hydroxylation sites is 2. The van der Waals surface area contributed by atoms with Crippen LogP contribution in [0.3, 0.4) is 0 Å². The number of ketones is 1. The lowest BCUT2D eigenvalue weighted by Crippen LogP contribution is -2.27. The summed E-state index contributed by atoms with van der Waals surface area (Å²) in [7, 11) is 3.24. The van der Waals surface area contributed by atoms with Gasteiger partial charge in [0.25, 0.3) is 0 Å². The lowest BCUT2D eigenvalue weighted by molar-refractivity contribution is -0.116. The molecule has 5 nitrogen and oxygen atoms in total. The summed E-state index contributed by atoms with van der Waals surface area (Å²) in [6.07, 6.45) is 1.24. The largest absolute Gasteiger partial charge is 0.493 e. The average Bonchev–Trinajstić information content (AvgIpc) is 3.01. The van der Waals surface area contributed by atoms with Crippen LogP contribution in [0.25, 0.3) is 0 Å². The fraction of sp³-hybridized carbons (Fsp3) is 0.250. The highest BCUT2D eigenvalue weighted by Crippen LogP contribution is 2.47. The van der Waals surface area contributed by atoms with E-state index in [1.54, 1.807) is 14.2 Å². The van der Waals surface area contributed by atoms with Crippen molar-refractivity contribution in [3.63, 3.8) is 0 Å². The number of anilines is 2. The molecule has 0 fully saturated rings. The molecule has 0 aromatic heterocycles. The number of methoxy groups -OCH3 is 2. The van der Waals surface area contributed by atoms with Crippen molar-refractivity contribution in [3.05, 3.63) is 93.1 Å². The molecule has 0 bridgehead atoms. The third-order valence-corrected chi connectivity index (χ3v) is 7.36. The minimum Gasteiger partial charge on any atom is -0.493 e. The van der Waals surface area contributed by atoms with Crippen molar-refractivity contribution in [2.24, 2.45) is 0 Å². The van der Waals surface area contributed by atoms with E-state index in [1.807, 2.05) is 36.4 Å². The number of ether oxygens (including phenoxy) is 2. The normalized spacial score (nSPS) is 19.4. The van der Waals surface area contributed by atoms with Gasteiger partial charge >= 0.3 is 0 Å². The van der Waals surface area contributed by atoms with Gasteiger partial charge in [-0.05, 0) is 54.7 Å². The Labute approximate surface area is 208 Å². The minimum absolute atomic E-state index is 0.138. The molecule has 0 radical (unpaired) electrons. The molecule has 2 atom stereocenters. The molecular weight excluding hydrogens is 492 g/mol. The molecule has 3 aromatic carbocycles. The molecule has 3 aromatic rings. The second-order valence-electron chi connectivity index (χ2n) is 8.81. The van der Waals surface area contributed by atoms with E-state index < -0.39 is 0 Å². The number of carbonyl (C=O) groups is 1. The molecule has 1 heterocycles. The summed E-state index contributed by atoms with van der Waals surface area (Å²) in [5, 5.41) is 7.23. The molecule has 0 unspecified atom stereocenters. The van der Waals surface area contributed by atoms with Crippen LogP contribution in [0.5, 0.6) is 11.5 Å². The monoisotopic (exact) mass is 518 g/mol. The lowest BCUT2D eigenvalue weighted by atomic mass is 9.78. The molecule has 1 aliphatic carbocycles. The van der Waals surface area contributed by atoms with E-state index in [2.05, 4.69) is 57.8 Å². The van der Waals surface area contributed by atoms with Gasteiger partial charge in [0.05, 0.1) is 31.6 Å². The topological polar surface area (TPSA) is 59.6 Å². The zero-order chi connectivity index (χ0) is 23.8. The summed E-state index contributed by atoms with van der Waals surface area (Å²) in [5.41, 5.74) is 6.98. The van der Waals surface area contributed by atoms with Crippen LogP contribution in [-0.4, -0.2) is 20.0 Å². The third kappa shape index (κ3) is 4.07. The van der Waals surface area contributed by atoms with E-state index in [-0.39, 0.29) is 17.7 Å². The maximum atomic E-state index is 13.7. The number of benzene rings is 3. The fourth-order valence-electron chi connectivity index (χ4n) is 4.89. The van der Waals surface area contributed by atoms with Crippen LogP contribution in [0.1, 0.15) is 41.5 Å². The molecule has 2 aliphatic rings. The predicted molar refractivity (Wildman–Crippen MR) is 139 cm³/mol. The van der Waals surface area contributed by atoms with Crippen LogP contribution in [-0.2, 0) is 4.79 Å². The van der Waals surface area contributed by atoms with E-state index >= 15 is 0 Å². The number of aryl methyl sites for hydroxylation is 1. The number of rotatable bonds is 4. The molecule has 6 heteroatoms. The average molecular weight is 519 g/mol. The lowest BCUT2D eigenvalue weighted by Gasteiger charge is -2.30. The molecule has 2 N–H and O–H groups in total. The first-order chi connectivity index (χ1) is 16.5. The molecule has 0 saturated heterocycles. The van der Waals surface area contributed by atoms with Gasteiger partial charge in [0, 0.05) is 22.2 Å². The number of carbonyl (C=O) groups excluding carboxylic acids is 1. The van der Waals surface area contributed by atoms with Gasteiger partial charge in [0.15, 0.2) is 17.3 Å². The molecule has 0 amide bonds. The second kappa shape index (κ2) is 9.18. The van der Waals surface area contributed by atoms with Gasteiger partial charge in [0.1, 0.15) is 0 Å². The molecule has 5 rings (SSSR count). The minimum atomic E-state index is -0.341. The van der Waals surface area contributed by atoms with Crippen molar-refractivity contribution in [2.75, 3.05) is 24.9 Å². The molecule has 34 heavy (non-hydrogen) atoms. The number of allylic oxidation sites excluding steroid dienone is 1. The Morgan fingerprint density at radius 2 is 1.59 bits per heavy atom. The number of halogens is 1. The molecule has 174 valence electrons. The van der Waals surface area contributed by atoms with Crippen molar-refractivity contribution in [1.82, 2.24) is 0 Å². The van der Waals surface area contributed by atoms with Crippen LogP contribution in [0.15, 0.2) is 76.4 Å². The Morgan fingerprint density at radius 3 is 2.29 bits per heavy atom. The van der Waals surface area contributed by atoms with E-state index in [1.165, 1.54) is 11.1 Å². The highest BCUT2D eigenvalue weighted by Gasteiger charge is 2.37. The van der Waals surface area contributed by atoms with Gasteiger partial charge in [-0.1, -0.05) is 57.9 Å². The van der Waals surface area contributed by atoms with Crippen molar-refractivity contribution in [2.45, 2.75) is 31.7 Å². The van der Waals surface area contributed by atoms with Crippen molar-refractivity contribution >= 4 is 33.1 Å². The zero-order valence-corrected chi connectivity index (χ0v) is 21.0. The van der Waals surface area contributed by atoms with Crippen LogP contribution in [0, 0.1) is 6.92 Å². The predicted octanol–water partition coefficient (Wildman–Crippen LogP) is 6.75. The highest BCUT2D eigenvalue weighted by atomic mass is 79.9. The summed E-state index contributed by atoms with van der Waals surface area (Å²) >= 11 is 3.71. The fourth-order valence-corrected chi connectivity index (χ4v) is 5.44. The number of nitrogens with one attached hydrogen (secondary N) is 2. The SMILES string of the molecule is COc1cc(Br)c([C@H]2Nc3ccccc3NC3=C2C(=O)C[C@@H](c2ccc(C)cc2)C3)cc1OC. The summed E-state index contributed by atoms with van der Waals surface area (Å²) in [6, 6.07) is 20.1. The van der Waals surface area contributed by atoms with Crippen LogP contribution in [0.2, 0.25) is 0 Å². The number of hydrogen-bond donors (Lipinski definition) is 2. The summed E-state index contributed by atoms with van der Waals surface area (Å²) in [4.78, 5) is 13.7. The van der Waals surface area contributed by atoms with E-state index in [4.69, 9.17) is 9.47 Å². The van der Waals surface area contributed by atoms with Crippen molar-refractivity contribution in [3.8, 4) is 11.5 Å². The van der Waals surface area contributed by atoms with Gasteiger partial charge in [-0.25, -0.2) is 0 Å². The van der Waals surface area contributed by atoms with Gasteiger partial charge in [-0.15, -0.1) is 0 Å². The van der Waals surface area contributed by atoms with Gasteiger partial charge in [-0.3, -0.25) is 4.79 Å². The van der Waals surface area contributed by atoms with Crippen LogP contribution >= 0.6 is 15.9 Å². The maximum absolute atomic E-state index is 13.7. The van der Waals surface area contributed by atoms with Gasteiger partial charge in [0.2, 0.25) is 0 Å². The number of Topliss-reactive ketones (excluding diaryl/α,β-unsaturated/α-hetero) is 1. The first kappa shape index (κ1) is 22.5.